The molecule has 1 aromatic rings. The molecule has 1 aliphatic heterocycles. The Labute approximate surface area is 182 Å². The molecule has 1 aliphatic carbocycles. The lowest BCUT2D eigenvalue weighted by atomic mass is 9.78. The second-order valence-corrected chi connectivity index (χ2v) is 9.33. The van der Waals surface area contributed by atoms with Gasteiger partial charge in [-0.1, -0.05) is 20.3 Å². The maximum atomic E-state index is 13.0. The third kappa shape index (κ3) is 6.45. The number of amides is 1. The van der Waals surface area contributed by atoms with Gasteiger partial charge in [0.25, 0.3) is 5.91 Å². The van der Waals surface area contributed by atoms with Gasteiger partial charge in [-0.05, 0) is 94.6 Å². The number of hydrogen-bond donors (Lipinski definition) is 1. The fourth-order valence-electron chi connectivity index (χ4n) is 4.83. The number of carbonyl (C=O) groups is 1. The normalized spacial score (nSPS) is 25.8. The van der Waals surface area contributed by atoms with Crippen LogP contribution in [0.4, 0.5) is 5.69 Å². The molecule has 0 spiro atoms. The molecule has 3 rings (SSSR count). The van der Waals surface area contributed by atoms with Crippen molar-refractivity contribution in [1.29, 1.82) is 0 Å². The lowest BCUT2D eigenvalue weighted by molar-refractivity contribution is -0.147. The quantitative estimate of drug-likeness (QED) is 0.568. The summed E-state index contributed by atoms with van der Waals surface area (Å²) >= 11 is 0. The molecule has 168 valence electrons. The Bertz CT molecular complexity index is 651. The van der Waals surface area contributed by atoms with Crippen molar-refractivity contribution >= 4 is 11.6 Å². The maximum absolute atomic E-state index is 13.0. The fourth-order valence-corrected chi connectivity index (χ4v) is 4.83. The largest absolute Gasteiger partial charge is 0.494 e. The first kappa shape index (κ1) is 23.1. The maximum Gasteiger partial charge on any atom is 0.256 e. The molecular formula is C25H40N2O3. The Morgan fingerprint density at radius 2 is 1.87 bits per heavy atom. The third-order valence-electron chi connectivity index (χ3n) is 6.67. The molecule has 1 amide bonds. The second-order valence-electron chi connectivity index (χ2n) is 9.33. The van der Waals surface area contributed by atoms with Crippen molar-refractivity contribution in [3.8, 4) is 5.75 Å². The van der Waals surface area contributed by atoms with Crippen molar-refractivity contribution in [2.45, 2.75) is 71.3 Å². The molecule has 2 unspecified atom stereocenters. The van der Waals surface area contributed by atoms with E-state index in [1.165, 1.54) is 32.4 Å². The first-order valence-corrected chi connectivity index (χ1v) is 11.9. The zero-order valence-corrected chi connectivity index (χ0v) is 19.1. The molecule has 0 bridgehead atoms. The number of rotatable bonds is 9. The number of nitrogens with zero attached hydrogens (tertiary/aromatic N) is 1. The molecule has 1 heterocycles. The van der Waals surface area contributed by atoms with E-state index in [1.54, 1.807) is 0 Å². The Morgan fingerprint density at radius 3 is 2.53 bits per heavy atom. The highest BCUT2D eigenvalue weighted by molar-refractivity contribution is 5.97. The molecule has 30 heavy (non-hydrogen) atoms. The number of anilines is 1. The van der Waals surface area contributed by atoms with E-state index in [2.05, 4.69) is 24.1 Å². The summed E-state index contributed by atoms with van der Waals surface area (Å²) in [6.45, 7) is 11.4. The van der Waals surface area contributed by atoms with Gasteiger partial charge in [0.15, 0.2) is 0 Å². The summed E-state index contributed by atoms with van der Waals surface area (Å²) in [7, 11) is 0. The predicted molar refractivity (Wildman–Crippen MR) is 122 cm³/mol. The first-order chi connectivity index (χ1) is 14.5. The zero-order valence-electron chi connectivity index (χ0n) is 19.1. The van der Waals surface area contributed by atoms with E-state index < -0.39 is 5.60 Å². The van der Waals surface area contributed by atoms with Crippen molar-refractivity contribution in [2.24, 2.45) is 11.8 Å². The van der Waals surface area contributed by atoms with Gasteiger partial charge in [-0.2, -0.15) is 0 Å². The van der Waals surface area contributed by atoms with Crippen LogP contribution >= 0.6 is 0 Å². The van der Waals surface area contributed by atoms with Crippen LogP contribution in [0.5, 0.6) is 5.75 Å². The Hall–Kier alpha value is -1.59. The lowest BCUT2D eigenvalue weighted by Crippen LogP contribution is -2.48. The lowest BCUT2D eigenvalue weighted by Gasteiger charge is -2.38. The van der Waals surface area contributed by atoms with Crippen LogP contribution in [0.15, 0.2) is 24.3 Å². The highest BCUT2D eigenvalue weighted by Gasteiger charge is 2.42. The predicted octanol–water partition coefficient (Wildman–Crippen LogP) is 5.11. The smallest absolute Gasteiger partial charge is 0.256 e. The monoisotopic (exact) mass is 416 g/mol. The van der Waals surface area contributed by atoms with E-state index in [9.17, 15) is 4.79 Å². The molecule has 2 fully saturated rings. The van der Waals surface area contributed by atoms with E-state index in [-0.39, 0.29) is 5.91 Å². The standard InChI is InChI=1S/C25H40N2O3/c1-4-30-25(14-5-7-21(3)19-25)24(28)26-22-8-10-23(11-9-22)29-18-6-15-27-16-12-20(2)13-17-27/h8-11,20-21H,4-7,12-19H2,1-3H3,(H,26,28). The van der Waals surface area contributed by atoms with Gasteiger partial charge in [0.05, 0.1) is 6.61 Å². The highest BCUT2D eigenvalue weighted by atomic mass is 16.5. The minimum atomic E-state index is -0.687. The molecule has 1 saturated heterocycles. The van der Waals surface area contributed by atoms with Crippen molar-refractivity contribution in [3.05, 3.63) is 24.3 Å². The van der Waals surface area contributed by atoms with Gasteiger partial charge >= 0.3 is 0 Å². The molecule has 5 nitrogen and oxygen atoms in total. The van der Waals surface area contributed by atoms with Crippen LogP contribution < -0.4 is 10.1 Å². The van der Waals surface area contributed by atoms with Gasteiger partial charge in [0.1, 0.15) is 11.4 Å². The summed E-state index contributed by atoms with van der Waals surface area (Å²) in [4.78, 5) is 15.6. The van der Waals surface area contributed by atoms with Crippen LogP contribution in [0.25, 0.3) is 0 Å². The van der Waals surface area contributed by atoms with Crippen LogP contribution in [0, 0.1) is 11.8 Å². The summed E-state index contributed by atoms with van der Waals surface area (Å²) in [5, 5.41) is 3.07. The summed E-state index contributed by atoms with van der Waals surface area (Å²) in [5.74, 6) is 2.23. The van der Waals surface area contributed by atoms with Gasteiger partial charge in [0.2, 0.25) is 0 Å². The van der Waals surface area contributed by atoms with E-state index in [4.69, 9.17) is 9.47 Å². The first-order valence-electron chi connectivity index (χ1n) is 11.9. The zero-order chi connectivity index (χ0) is 21.4. The highest BCUT2D eigenvalue weighted by Crippen LogP contribution is 2.36. The van der Waals surface area contributed by atoms with Crippen LogP contribution in [-0.4, -0.2) is 49.3 Å². The summed E-state index contributed by atoms with van der Waals surface area (Å²) in [5.41, 5.74) is 0.112. The molecule has 1 N–H and O–H groups in total. The van der Waals surface area contributed by atoms with Gasteiger partial charge < -0.3 is 19.7 Å². The van der Waals surface area contributed by atoms with Gasteiger partial charge in [0, 0.05) is 18.8 Å². The minimum absolute atomic E-state index is 0.0135. The van der Waals surface area contributed by atoms with E-state index in [1.807, 2.05) is 31.2 Å². The Morgan fingerprint density at radius 1 is 1.13 bits per heavy atom. The number of ether oxygens (including phenoxy) is 2. The third-order valence-corrected chi connectivity index (χ3v) is 6.67. The SMILES string of the molecule is CCOC1(C(=O)Nc2ccc(OCCCN3CCC(C)CC3)cc2)CCCC(C)C1. The average molecular weight is 417 g/mol. The van der Waals surface area contributed by atoms with Crippen LogP contribution in [0.2, 0.25) is 0 Å². The van der Waals surface area contributed by atoms with Gasteiger partial charge in [-0.25, -0.2) is 0 Å². The molecule has 2 atom stereocenters. The van der Waals surface area contributed by atoms with E-state index >= 15 is 0 Å². The second kappa shape index (κ2) is 11.1. The summed E-state index contributed by atoms with van der Waals surface area (Å²) in [6, 6.07) is 7.72. The van der Waals surface area contributed by atoms with Crippen molar-refractivity contribution in [3.63, 3.8) is 0 Å². The van der Waals surface area contributed by atoms with E-state index in [0.717, 1.165) is 56.2 Å². The van der Waals surface area contributed by atoms with Crippen LogP contribution in [0.1, 0.15) is 65.7 Å². The molecular weight excluding hydrogens is 376 g/mol. The number of likely N-dealkylation sites (tertiary alicyclic amines) is 1. The Kier molecular flexibility index (Phi) is 8.58. The summed E-state index contributed by atoms with van der Waals surface area (Å²) < 4.78 is 11.9. The molecule has 0 aromatic heterocycles. The molecule has 1 saturated carbocycles. The van der Waals surface area contributed by atoms with Crippen molar-refractivity contribution < 1.29 is 14.3 Å². The van der Waals surface area contributed by atoms with Crippen molar-refractivity contribution in [2.75, 3.05) is 38.2 Å². The van der Waals surface area contributed by atoms with Crippen LogP contribution in [0.3, 0.4) is 0 Å². The number of hydrogen-bond acceptors (Lipinski definition) is 4. The number of carbonyl (C=O) groups excluding carboxylic acids is 1. The number of benzene rings is 1. The Balaban J connectivity index is 1.44. The minimum Gasteiger partial charge on any atom is -0.494 e. The molecule has 5 heteroatoms. The van der Waals surface area contributed by atoms with Gasteiger partial charge in [-0.15, -0.1) is 0 Å². The number of nitrogens with one attached hydrogen (secondary N) is 1. The topological polar surface area (TPSA) is 50.8 Å². The van der Waals surface area contributed by atoms with E-state index in [0.29, 0.717) is 12.5 Å². The average Bonchev–Trinajstić information content (AvgIpc) is 2.74. The van der Waals surface area contributed by atoms with Crippen molar-refractivity contribution in [1.82, 2.24) is 4.90 Å². The molecule has 2 aliphatic rings. The molecule has 0 radical (unpaired) electrons. The van der Waals surface area contributed by atoms with Crippen LogP contribution in [-0.2, 0) is 9.53 Å². The summed E-state index contributed by atoms with van der Waals surface area (Å²) in [6.07, 6.45) is 7.48. The van der Waals surface area contributed by atoms with Gasteiger partial charge in [-0.3, -0.25) is 4.79 Å². The number of piperidine rings is 1. The fraction of sp³-hybridized carbons (Fsp3) is 0.720. The molecule has 1 aromatic carbocycles.